The van der Waals surface area contributed by atoms with Crippen molar-refractivity contribution in [2.24, 2.45) is 11.8 Å². The van der Waals surface area contributed by atoms with Crippen molar-refractivity contribution in [1.29, 1.82) is 0 Å². The van der Waals surface area contributed by atoms with Crippen LogP contribution in [0.2, 0.25) is 5.04 Å². The van der Waals surface area contributed by atoms with Gasteiger partial charge in [-0.3, -0.25) is 4.79 Å². The molecule has 7 heteroatoms. The number of hydrogen-bond acceptors (Lipinski definition) is 4. The van der Waals surface area contributed by atoms with Gasteiger partial charge >= 0.3 is 6.09 Å². The zero-order valence-corrected chi connectivity index (χ0v) is 26.2. The molecule has 218 valence electrons. The second-order valence-electron chi connectivity index (χ2n) is 13.5. The summed E-state index contributed by atoms with van der Waals surface area (Å²) in [5.41, 5.74) is -0.559. The van der Waals surface area contributed by atoms with E-state index in [1.54, 1.807) is 0 Å². The molecule has 4 rings (SSSR count). The lowest BCUT2D eigenvalue weighted by atomic mass is 9.81. The van der Waals surface area contributed by atoms with Crippen LogP contribution in [0.4, 0.5) is 4.79 Å². The van der Waals surface area contributed by atoms with Crippen molar-refractivity contribution in [3.8, 4) is 0 Å². The lowest BCUT2D eigenvalue weighted by Gasteiger charge is -2.44. The minimum Gasteiger partial charge on any atom is -0.444 e. The number of alkyl carbamates (subject to hydrolysis) is 1. The summed E-state index contributed by atoms with van der Waals surface area (Å²) in [5, 5.41) is 5.21. The molecule has 2 aromatic carbocycles. The molecule has 0 aromatic heterocycles. The normalized spacial score (nSPS) is 20.6. The van der Waals surface area contributed by atoms with E-state index in [9.17, 15) is 9.59 Å². The Labute approximate surface area is 242 Å². The molecule has 1 aliphatic heterocycles. The summed E-state index contributed by atoms with van der Waals surface area (Å²) >= 11 is 0. The molecule has 1 N–H and O–H groups in total. The van der Waals surface area contributed by atoms with Crippen molar-refractivity contribution in [2.45, 2.75) is 90.3 Å². The fraction of sp³-hybridized carbons (Fsp3) is 0.576. The Balaban J connectivity index is 1.63. The largest absolute Gasteiger partial charge is 0.444 e. The van der Waals surface area contributed by atoms with E-state index in [-0.39, 0.29) is 22.9 Å². The van der Waals surface area contributed by atoms with Gasteiger partial charge < -0.3 is 19.4 Å². The van der Waals surface area contributed by atoms with Crippen molar-refractivity contribution < 1.29 is 18.8 Å². The summed E-state index contributed by atoms with van der Waals surface area (Å²) in [6, 6.07) is 21.1. The molecule has 1 heterocycles. The molecule has 6 nitrogen and oxygen atoms in total. The fourth-order valence-electron chi connectivity index (χ4n) is 6.60. The van der Waals surface area contributed by atoms with Gasteiger partial charge in [-0.15, -0.1) is 0 Å². The zero-order chi connectivity index (χ0) is 29.0. The van der Waals surface area contributed by atoms with Gasteiger partial charge in [0, 0.05) is 19.0 Å². The zero-order valence-electron chi connectivity index (χ0n) is 25.2. The fourth-order valence-corrected chi connectivity index (χ4v) is 11.2. The third-order valence-corrected chi connectivity index (χ3v) is 13.4. The molecule has 3 atom stereocenters. The smallest absolute Gasteiger partial charge is 0.407 e. The second kappa shape index (κ2) is 12.5. The number of likely N-dealkylation sites (tertiary alicyclic amines) is 1. The maximum atomic E-state index is 13.7. The number of carbonyl (C=O) groups excluding carboxylic acids is 2. The Morgan fingerprint density at radius 1 is 0.950 bits per heavy atom. The van der Waals surface area contributed by atoms with Crippen LogP contribution in [-0.4, -0.2) is 56.6 Å². The molecule has 0 unspecified atom stereocenters. The first-order valence-corrected chi connectivity index (χ1v) is 16.9. The van der Waals surface area contributed by atoms with E-state index in [2.05, 4.69) is 79.5 Å². The summed E-state index contributed by atoms with van der Waals surface area (Å²) < 4.78 is 12.7. The minimum absolute atomic E-state index is 0.128. The predicted molar refractivity (Wildman–Crippen MR) is 163 cm³/mol. The van der Waals surface area contributed by atoms with E-state index in [4.69, 9.17) is 9.16 Å². The lowest BCUT2D eigenvalue weighted by Crippen LogP contribution is -2.67. The molecule has 0 bridgehead atoms. The first kappa shape index (κ1) is 30.3. The molecular formula is C33H48N2O4Si. The second-order valence-corrected chi connectivity index (χ2v) is 17.8. The van der Waals surface area contributed by atoms with Gasteiger partial charge in [-0.25, -0.2) is 4.79 Å². The highest BCUT2D eigenvalue weighted by Gasteiger charge is 2.51. The molecule has 0 radical (unpaired) electrons. The van der Waals surface area contributed by atoms with Crippen molar-refractivity contribution in [2.75, 3.05) is 19.7 Å². The lowest BCUT2D eigenvalue weighted by molar-refractivity contribution is -0.134. The highest BCUT2D eigenvalue weighted by atomic mass is 28.4. The van der Waals surface area contributed by atoms with Gasteiger partial charge in [-0.05, 0) is 61.4 Å². The SMILES string of the molecule is CC(C)(C)OC(=O)NCC[C@H](CO[Si](c1ccccc1)(c1ccccc1)C(C)(C)C)N1C[C@@H]2CCCC[C@@H]2C1=O. The molecule has 1 saturated heterocycles. The highest BCUT2D eigenvalue weighted by Crippen LogP contribution is 2.40. The monoisotopic (exact) mass is 564 g/mol. The Bertz CT molecular complexity index is 1090. The van der Waals surface area contributed by atoms with Crippen LogP contribution in [-0.2, 0) is 14.0 Å². The third-order valence-electron chi connectivity index (χ3n) is 8.44. The number of rotatable bonds is 9. The summed E-state index contributed by atoms with van der Waals surface area (Å²) in [6.07, 6.45) is 4.61. The number of benzene rings is 2. The molecule has 40 heavy (non-hydrogen) atoms. The van der Waals surface area contributed by atoms with Gasteiger partial charge in [-0.2, -0.15) is 0 Å². The van der Waals surface area contributed by atoms with Gasteiger partial charge in [-0.1, -0.05) is 94.3 Å². The number of nitrogens with one attached hydrogen (secondary N) is 1. The van der Waals surface area contributed by atoms with E-state index in [0.717, 1.165) is 25.8 Å². The minimum atomic E-state index is -2.77. The van der Waals surface area contributed by atoms with Gasteiger partial charge in [0.1, 0.15) is 5.60 Å². The predicted octanol–water partition coefficient (Wildman–Crippen LogP) is 5.50. The number of fused-ring (bicyclic) bond motifs is 1. The van der Waals surface area contributed by atoms with Gasteiger partial charge in [0.15, 0.2) is 0 Å². The number of carbonyl (C=O) groups is 2. The molecule has 2 aromatic rings. The van der Waals surface area contributed by atoms with Crippen molar-refractivity contribution in [3.63, 3.8) is 0 Å². The summed E-state index contributed by atoms with van der Waals surface area (Å²) in [7, 11) is -2.77. The standard InChI is InChI=1S/C33H48N2O4Si/c1-32(2,3)39-31(37)34-22-21-26(35-23-25-15-13-14-20-29(25)30(35)36)24-38-40(33(4,5)6,27-16-9-7-10-17-27)28-18-11-8-12-19-28/h7-12,16-19,25-26,29H,13-15,20-24H2,1-6H3,(H,34,37)/t25-,26+,29-/m0/s1. The Morgan fingerprint density at radius 3 is 2.05 bits per heavy atom. The number of nitrogens with zero attached hydrogens (tertiary/aromatic N) is 1. The van der Waals surface area contributed by atoms with Gasteiger partial charge in [0.05, 0.1) is 12.6 Å². The quantitative estimate of drug-likeness (QED) is 0.409. The molecule has 2 aliphatic rings. The van der Waals surface area contributed by atoms with E-state index < -0.39 is 20.0 Å². The Kier molecular flexibility index (Phi) is 9.46. The number of amides is 2. The number of ether oxygens (including phenoxy) is 1. The van der Waals surface area contributed by atoms with Crippen LogP contribution in [0.15, 0.2) is 60.7 Å². The van der Waals surface area contributed by atoms with Crippen LogP contribution in [0.25, 0.3) is 0 Å². The third kappa shape index (κ3) is 6.80. The summed E-state index contributed by atoms with van der Waals surface area (Å²) in [5.74, 6) is 0.816. The van der Waals surface area contributed by atoms with Crippen LogP contribution >= 0.6 is 0 Å². The summed E-state index contributed by atoms with van der Waals surface area (Å²) in [6.45, 7) is 14.0. The van der Waals surface area contributed by atoms with E-state index >= 15 is 0 Å². The van der Waals surface area contributed by atoms with Crippen LogP contribution < -0.4 is 15.7 Å². The van der Waals surface area contributed by atoms with E-state index in [1.807, 2.05) is 32.9 Å². The van der Waals surface area contributed by atoms with Crippen LogP contribution in [0.5, 0.6) is 0 Å². The Hall–Kier alpha value is -2.64. The molecule has 2 fully saturated rings. The van der Waals surface area contributed by atoms with Gasteiger partial charge in [0.25, 0.3) is 8.32 Å². The molecular weight excluding hydrogens is 516 g/mol. The average Bonchev–Trinajstić information content (AvgIpc) is 3.23. The molecule has 0 spiro atoms. The van der Waals surface area contributed by atoms with Crippen LogP contribution in [0.3, 0.4) is 0 Å². The molecule has 1 saturated carbocycles. The average molecular weight is 565 g/mol. The number of hydrogen-bond donors (Lipinski definition) is 1. The van der Waals surface area contributed by atoms with Crippen molar-refractivity contribution in [1.82, 2.24) is 10.2 Å². The summed E-state index contributed by atoms with van der Waals surface area (Å²) in [4.78, 5) is 28.2. The molecule has 2 amide bonds. The first-order valence-electron chi connectivity index (χ1n) is 14.9. The Morgan fingerprint density at radius 2 is 1.52 bits per heavy atom. The van der Waals surface area contributed by atoms with Crippen LogP contribution in [0, 0.1) is 11.8 Å². The van der Waals surface area contributed by atoms with Crippen molar-refractivity contribution >= 4 is 30.7 Å². The van der Waals surface area contributed by atoms with E-state index in [1.165, 1.54) is 16.8 Å². The van der Waals surface area contributed by atoms with Gasteiger partial charge in [0.2, 0.25) is 5.91 Å². The topological polar surface area (TPSA) is 67.9 Å². The van der Waals surface area contributed by atoms with Crippen LogP contribution in [0.1, 0.15) is 73.6 Å². The van der Waals surface area contributed by atoms with Crippen molar-refractivity contribution in [3.05, 3.63) is 60.7 Å². The first-order chi connectivity index (χ1) is 18.9. The van der Waals surface area contributed by atoms with E-state index in [0.29, 0.717) is 25.5 Å². The molecule has 1 aliphatic carbocycles. The maximum absolute atomic E-state index is 13.7. The maximum Gasteiger partial charge on any atom is 0.407 e. The highest BCUT2D eigenvalue weighted by molar-refractivity contribution is 6.99.